The topological polar surface area (TPSA) is 57.6 Å². The van der Waals surface area contributed by atoms with E-state index in [0.717, 1.165) is 0 Å². The molecule has 0 aromatic rings. The molecule has 0 spiro atoms. The van der Waals surface area contributed by atoms with E-state index in [2.05, 4.69) is 25.9 Å². The van der Waals surface area contributed by atoms with Crippen LogP contribution in [0.15, 0.2) is 0 Å². The van der Waals surface area contributed by atoms with E-state index in [1.54, 1.807) is 0 Å². The van der Waals surface area contributed by atoms with Crippen LogP contribution >= 0.6 is 0 Å². The van der Waals surface area contributed by atoms with Crippen molar-refractivity contribution in [3.8, 4) is 0 Å². The Morgan fingerprint density at radius 1 is 1.25 bits per heavy atom. The summed E-state index contributed by atoms with van der Waals surface area (Å²) < 4.78 is 26.9. The number of rotatable bonds is 3. The molecule has 0 atom stereocenters. The maximum absolute atomic E-state index is 9.56. The molecule has 4 nitrogen and oxygen atoms in total. The molecule has 0 aromatic carbocycles. The Bertz CT molecular complexity index is 175. The molecule has 0 aromatic heterocycles. The van der Waals surface area contributed by atoms with E-state index in [4.69, 9.17) is 4.55 Å². The minimum Gasteiger partial charge on any atom is -0.309 e. The summed E-state index contributed by atoms with van der Waals surface area (Å²) in [5.41, 5.74) is 0. The Morgan fingerprint density at radius 3 is 1.58 bits per heavy atom. The summed E-state index contributed by atoms with van der Waals surface area (Å²) in [6.07, 6.45) is 1.26. The predicted octanol–water partition coefficient (Wildman–Crippen LogP) is 0.852. The van der Waals surface area contributed by atoms with Crippen LogP contribution in [0.1, 0.15) is 20.3 Å². The Kier molecular flexibility index (Phi) is 9.02. The van der Waals surface area contributed by atoms with Gasteiger partial charge in [-0.3, -0.25) is 4.55 Å². The molecule has 12 heavy (non-hydrogen) atoms. The van der Waals surface area contributed by atoms with Crippen LogP contribution in [0.25, 0.3) is 0 Å². The molecule has 5 heteroatoms. The molecule has 0 saturated carbocycles. The maximum atomic E-state index is 9.56. The lowest BCUT2D eigenvalue weighted by Gasteiger charge is -2.03. The lowest BCUT2D eigenvalue weighted by molar-refractivity contribution is 0.408. The fourth-order valence-corrected chi connectivity index (χ4v) is 0.447. The third-order valence-electron chi connectivity index (χ3n) is 1.04. The highest BCUT2D eigenvalue weighted by Crippen LogP contribution is 1.76. The second-order valence-corrected chi connectivity index (χ2v) is 4.42. The Hall–Kier alpha value is -0.130. The van der Waals surface area contributed by atoms with Crippen LogP contribution in [-0.2, 0) is 10.1 Å². The first kappa shape index (κ1) is 14.4. The van der Waals surface area contributed by atoms with Crippen molar-refractivity contribution in [2.75, 3.05) is 26.4 Å². The van der Waals surface area contributed by atoms with E-state index in [1.807, 2.05) is 0 Å². The van der Waals surface area contributed by atoms with Gasteiger partial charge in [-0.25, -0.2) is 0 Å². The smallest absolute Gasteiger partial charge is 0.264 e. The van der Waals surface area contributed by atoms with Gasteiger partial charge in [-0.2, -0.15) is 8.42 Å². The van der Waals surface area contributed by atoms with Crippen molar-refractivity contribution in [3.63, 3.8) is 0 Å². The monoisotopic (exact) mass is 197 g/mol. The van der Waals surface area contributed by atoms with Gasteiger partial charge in [0, 0.05) is 0 Å². The van der Waals surface area contributed by atoms with Gasteiger partial charge in [-0.05, 0) is 34.0 Å². The normalized spacial score (nSPS) is 10.8. The molecule has 0 bridgehead atoms. The van der Waals surface area contributed by atoms with Gasteiger partial charge in [0.25, 0.3) is 10.1 Å². The van der Waals surface area contributed by atoms with Gasteiger partial charge in [0.15, 0.2) is 0 Å². The lowest BCUT2D eigenvalue weighted by atomic mass is 10.5. The third-order valence-corrected chi connectivity index (χ3v) is 1.77. The Labute approximate surface area is 75.3 Å². The fourth-order valence-electron chi connectivity index (χ4n) is 0.447. The summed E-state index contributed by atoms with van der Waals surface area (Å²) in [4.78, 5) is 2.18. The molecule has 0 aliphatic rings. The number of hydrogen-bond donors (Lipinski definition) is 1. The van der Waals surface area contributed by atoms with Gasteiger partial charge in [0.05, 0.1) is 5.75 Å². The van der Waals surface area contributed by atoms with Gasteiger partial charge in [-0.15, -0.1) is 0 Å². The zero-order valence-electron chi connectivity index (χ0n) is 8.24. The summed E-state index contributed by atoms with van der Waals surface area (Å²) in [5.74, 6) is -0.201. The van der Waals surface area contributed by atoms with Gasteiger partial charge in [-0.1, -0.05) is 6.92 Å². The van der Waals surface area contributed by atoms with Crippen molar-refractivity contribution in [2.45, 2.75) is 20.3 Å². The van der Waals surface area contributed by atoms with Gasteiger partial charge >= 0.3 is 0 Å². The number of nitrogens with zero attached hydrogens (tertiary/aromatic N) is 1. The van der Waals surface area contributed by atoms with E-state index in [1.165, 1.54) is 19.9 Å². The molecular weight excluding hydrogens is 178 g/mol. The first-order valence-electron chi connectivity index (χ1n) is 3.93. The van der Waals surface area contributed by atoms with Crippen LogP contribution in [0.5, 0.6) is 0 Å². The van der Waals surface area contributed by atoms with Crippen molar-refractivity contribution < 1.29 is 13.0 Å². The minimum absolute atomic E-state index is 0.201. The van der Waals surface area contributed by atoms with Crippen LogP contribution in [0.4, 0.5) is 0 Å². The van der Waals surface area contributed by atoms with Gasteiger partial charge in [0.2, 0.25) is 0 Å². The van der Waals surface area contributed by atoms with Crippen LogP contribution in [0.3, 0.4) is 0 Å². The standard InChI is InChI=1S/C5H13N.C2H6O3S/c1-4-5-6(2)3;1-2-6(3,4)5/h4-5H2,1-3H3;2H2,1H3,(H,3,4,5). The highest BCUT2D eigenvalue weighted by molar-refractivity contribution is 7.85. The summed E-state index contributed by atoms with van der Waals surface area (Å²) in [6.45, 7) is 4.76. The average molecular weight is 197 g/mol. The zero-order chi connectivity index (χ0) is 10.2. The minimum atomic E-state index is -3.66. The van der Waals surface area contributed by atoms with E-state index in [-0.39, 0.29) is 5.75 Å². The molecule has 0 unspecified atom stereocenters. The second-order valence-electron chi connectivity index (χ2n) is 2.67. The van der Waals surface area contributed by atoms with Crippen LogP contribution in [-0.4, -0.2) is 44.3 Å². The highest BCUT2D eigenvalue weighted by atomic mass is 32.2. The highest BCUT2D eigenvalue weighted by Gasteiger charge is 1.93. The Balaban J connectivity index is 0. The molecule has 0 amide bonds. The summed E-state index contributed by atoms with van der Waals surface area (Å²) in [6, 6.07) is 0. The third kappa shape index (κ3) is 22.5. The lowest BCUT2D eigenvalue weighted by Crippen LogP contribution is -2.11. The van der Waals surface area contributed by atoms with Crippen molar-refractivity contribution in [2.24, 2.45) is 0 Å². The van der Waals surface area contributed by atoms with E-state index >= 15 is 0 Å². The average Bonchev–Trinajstić information content (AvgIpc) is 1.87. The van der Waals surface area contributed by atoms with Crippen LogP contribution in [0.2, 0.25) is 0 Å². The first-order chi connectivity index (χ1) is 5.33. The Morgan fingerprint density at radius 2 is 1.58 bits per heavy atom. The largest absolute Gasteiger partial charge is 0.309 e. The molecule has 0 radical (unpaired) electrons. The summed E-state index contributed by atoms with van der Waals surface area (Å²) in [5, 5.41) is 0. The molecule has 1 N–H and O–H groups in total. The summed E-state index contributed by atoms with van der Waals surface area (Å²) in [7, 11) is 0.512. The predicted molar refractivity (Wildman–Crippen MR) is 50.9 cm³/mol. The fraction of sp³-hybridized carbons (Fsp3) is 1.00. The molecule has 0 rings (SSSR count). The number of hydrogen-bond acceptors (Lipinski definition) is 3. The maximum Gasteiger partial charge on any atom is 0.264 e. The quantitative estimate of drug-likeness (QED) is 0.681. The molecule has 0 aliphatic heterocycles. The zero-order valence-corrected chi connectivity index (χ0v) is 9.06. The van der Waals surface area contributed by atoms with E-state index in [9.17, 15) is 8.42 Å². The molecule has 0 fully saturated rings. The molecule has 0 heterocycles. The van der Waals surface area contributed by atoms with Crippen molar-refractivity contribution in [3.05, 3.63) is 0 Å². The molecular formula is C7H19NO3S. The van der Waals surface area contributed by atoms with Crippen LogP contribution in [0, 0.1) is 0 Å². The molecule has 0 saturated heterocycles. The van der Waals surface area contributed by atoms with Gasteiger partial charge in [0.1, 0.15) is 0 Å². The molecule has 76 valence electrons. The van der Waals surface area contributed by atoms with E-state index in [0.29, 0.717) is 0 Å². The second kappa shape index (κ2) is 7.52. The van der Waals surface area contributed by atoms with Crippen LogP contribution < -0.4 is 0 Å². The van der Waals surface area contributed by atoms with Crippen molar-refractivity contribution in [1.29, 1.82) is 0 Å². The summed E-state index contributed by atoms with van der Waals surface area (Å²) >= 11 is 0. The van der Waals surface area contributed by atoms with Crippen molar-refractivity contribution in [1.82, 2.24) is 4.90 Å². The van der Waals surface area contributed by atoms with E-state index < -0.39 is 10.1 Å². The van der Waals surface area contributed by atoms with Gasteiger partial charge < -0.3 is 4.90 Å². The molecule has 0 aliphatic carbocycles. The SMILES string of the molecule is CCCN(C)C.CCS(=O)(=O)O. The first-order valence-corrected chi connectivity index (χ1v) is 5.54. The van der Waals surface area contributed by atoms with Crippen molar-refractivity contribution >= 4 is 10.1 Å².